The maximum atomic E-state index is 11.6. The number of hydrogen-bond donors (Lipinski definition) is 1. The van der Waals surface area contributed by atoms with E-state index in [9.17, 15) is 4.79 Å². The molecule has 0 spiro atoms. The Morgan fingerprint density at radius 3 is 2.62 bits per heavy atom. The summed E-state index contributed by atoms with van der Waals surface area (Å²) in [6, 6.07) is 5.04. The van der Waals surface area contributed by atoms with Crippen molar-refractivity contribution in [3.05, 3.63) is 23.8 Å². The van der Waals surface area contributed by atoms with E-state index in [2.05, 4.69) is 6.92 Å². The van der Waals surface area contributed by atoms with E-state index in [0.717, 1.165) is 12.8 Å². The molecule has 0 heterocycles. The van der Waals surface area contributed by atoms with Crippen molar-refractivity contribution in [3.63, 3.8) is 0 Å². The van der Waals surface area contributed by atoms with Crippen LogP contribution in [0.25, 0.3) is 0 Å². The first-order chi connectivity index (χ1) is 10.1. The summed E-state index contributed by atoms with van der Waals surface area (Å²) in [6.07, 6.45) is 6.04. The lowest BCUT2D eigenvalue weighted by molar-refractivity contribution is 0.0526. The largest absolute Gasteiger partial charge is 0.489 e. The fraction of sp³-hybridized carbons (Fsp3) is 0.588. The van der Waals surface area contributed by atoms with Crippen molar-refractivity contribution in [2.24, 2.45) is 0 Å². The monoisotopic (exact) mass is 293 g/mol. The van der Waals surface area contributed by atoms with E-state index >= 15 is 0 Å². The summed E-state index contributed by atoms with van der Waals surface area (Å²) in [5.41, 5.74) is 6.88. The fourth-order valence-corrected chi connectivity index (χ4v) is 2.13. The molecule has 1 atom stereocenters. The molecule has 0 aliphatic heterocycles. The number of nitrogens with two attached hydrogens (primary N) is 1. The van der Waals surface area contributed by atoms with Gasteiger partial charge in [0.2, 0.25) is 0 Å². The van der Waals surface area contributed by atoms with Gasteiger partial charge in [0.25, 0.3) is 0 Å². The number of carbonyl (C=O) groups is 1. The molecular weight excluding hydrogens is 266 g/mol. The molecule has 0 aromatic heterocycles. The number of carbonyl (C=O) groups excluding carboxylic acids is 1. The molecule has 1 rings (SSSR count). The third-order valence-corrected chi connectivity index (χ3v) is 3.31. The zero-order valence-electron chi connectivity index (χ0n) is 13.4. The van der Waals surface area contributed by atoms with Crippen LogP contribution in [0.2, 0.25) is 0 Å². The SMILES string of the molecule is CCCCCC[C@@H](C)Oc1ccc(C(=O)OCC)cc1N. The molecule has 4 heteroatoms. The maximum Gasteiger partial charge on any atom is 0.338 e. The second kappa shape index (κ2) is 9.27. The van der Waals surface area contributed by atoms with Crippen molar-refractivity contribution in [2.45, 2.75) is 59.0 Å². The Kier molecular flexibility index (Phi) is 7.65. The Bertz CT molecular complexity index is 446. The van der Waals surface area contributed by atoms with Gasteiger partial charge >= 0.3 is 5.97 Å². The molecule has 0 fully saturated rings. The molecule has 118 valence electrons. The molecule has 0 radical (unpaired) electrons. The van der Waals surface area contributed by atoms with Crippen LogP contribution in [0.15, 0.2) is 18.2 Å². The van der Waals surface area contributed by atoms with E-state index in [1.54, 1.807) is 25.1 Å². The highest BCUT2D eigenvalue weighted by molar-refractivity contribution is 5.91. The van der Waals surface area contributed by atoms with Gasteiger partial charge in [0.05, 0.1) is 24.0 Å². The van der Waals surface area contributed by atoms with Crippen LogP contribution in [0, 0.1) is 0 Å². The summed E-state index contributed by atoms with van der Waals surface area (Å²) in [6.45, 7) is 6.38. The number of ether oxygens (including phenoxy) is 2. The first-order valence-electron chi connectivity index (χ1n) is 7.81. The van der Waals surface area contributed by atoms with E-state index in [-0.39, 0.29) is 12.1 Å². The predicted octanol–water partition coefficient (Wildman–Crippen LogP) is 4.18. The molecule has 2 N–H and O–H groups in total. The Hall–Kier alpha value is -1.71. The number of esters is 1. The highest BCUT2D eigenvalue weighted by Crippen LogP contribution is 2.25. The Balaban J connectivity index is 2.54. The number of anilines is 1. The average Bonchev–Trinajstić information content (AvgIpc) is 2.46. The fourth-order valence-electron chi connectivity index (χ4n) is 2.13. The highest BCUT2D eigenvalue weighted by atomic mass is 16.5. The number of rotatable bonds is 9. The van der Waals surface area contributed by atoms with E-state index in [0.29, 0.717) is 23.6 Å². The van der Waals surface area contributed by atoms with Crippen LogP contribution in [-0.4, -0.2) is 18.7 Å². The number of nitrogen functional groups attached to an aromatic ring is 1. The van der Waals surface area contributed by atoms with Gasteiger partial charge in [-0.2, -0.15) is 0 Å². The minimum atomic E-state index is -0.358. The van der Waals surface area contributed by atoms with Crippen molar-refractivity contribution in [1.29, 1.82) is 0 Å². The van der Waals surface area contributed by atoms with E-state index in [1.807, 2.05) is 6.92 Å². The van der Waals surface area contributed by atoms with Gasteiger partial charge in [-0.15, -0.1) is 0 Å². The first kappa shape index (κ1) is 17.3. The molecule has 0 bridgehead atoms. The summed E-state index contributed by atoms with van der Waals surface area (Å²) < 4.78 is 10.8. The van der Waals surface area contributed by atoms with E-state index in [4.69, 9.17) is 15.2 Å². The lowest BCUT2D eigenvalue weighted by Gasteiger charge is -2.16. The van der Waals surface area contributed by atoms with E-state index in [1.165, 1.54) is 19.3 Å². The zero-order chi connectivity index (χ0) is 15.7. The summed E-state index contributed by atoms with van der Waals surface area (Å²) in [4.78, 5) is 11.6. The minimum absolute atomic E-state index is 0.123. The van der Waals surface area contributed by atoms with Crippen LogP contribution < -0.4 is 10.5 Å². The van der Waals surface area contributed by atoms with Crippen molar-refractivity contribution in [2.75, 3.05) is 12.3 Å². The molecule has 0 saturated carbocycles. The molecule has 1 aromatic rings. The number of benzene rings is 1. The van der Waals surface area contributed by atoms with Crippen LogP contribution in [0.1, 0.15) is 63.2 Å². The molecule has 0 aliphatic carbocycles. The second-order valence-electron chi connectivity index (χ2n) is 5.25. The predicted molar refractivity (Wildman–Crippen MR) is 85.7 cm³/mol. The van der Waals surface area contributed by atoms with Crippen molar-refractivity contribution in [3.8, 4) is 5.75 Å². The third-order valence-electron chi connectivity index (χ3n) is 3.31. The quantitative estimate of drug-likeness (QED) is 0.421. The molecule has 1 aromatic carbocycles. The van der Waals surface area contributed by atoms with Gasteiger partial charge in [-0.1, -0.05) is 26.2 Å². The zero-order valence-corrected chi connectivity index (χ0v) is 13.4. The van der Waals surface area contributed by atoms with Crippen molar-refractivity contribution in [1.82, 2.24) is 0 Å². The van der Waals surface area contributed by atoms with Crippen LogP contribution in [0.5, 0.6) is 5.75 Å². The normalized spacial score (nSPS) is 12.0. The van der Waals surface area contributed by atoms with Crippen LogP contribution in [-0.2, 0) is 4.74 Å². The molecule has 0 saturated heterocycles. The lowest BCUT2D eigenvalue weighted by atomic mass is 10.1. The molecule has 0 aliphatic rings. The van der Waals surface area contributed by atoms with Gasteiger partial charge in [0.15, 0.2) is 0 Å². The molecule has 21 heavy (non-hydrogen) atoms. The Morgan fingerprint density at radius 1 is 1.24 bits per heavy atom. The molecule has 0 amide bonds. The number of hydrogen-bond acceptors (Lipinski definition) is 4. The van der Waals surface area contributed by atoms with Crippen LogP contribution >= 0.6 is 0 Å². The smallest absolute Gasteiger partial charge is 0.338 e. The van der Waals surface area contributed by atoms with Crippen molar-refractivity contribution >= 4 is 11.7 Å². The summed E-state index contributed by atoms with van der Waals surface area (Å²) >= 11 is 0. The van der Waals surface area contributed by atoms with Crippen molar-refractivity contribution < 1.29 is 14.3 Å². The van der Waals surface area contributed by atoms with Gasteiger partial charge in [0.1, 0.15) is 5.75 Å². The summed E-state index contributed by atoms with van der Waals surface area (Å²) in [5, 5.41) is 0. The topological polar surface area (TPSA) is 61.5 Å². The second-order valence-corrected chi connectivity index (χ2v) is 5.25. The van der Waals surface area contributed by atoms with Gasteiger partial charge in [-0.3, -0.25) is 0 Å². The Labute approximate surface area is 127 Å². The summed E-state index contributed by atoms with van der Waals surface area (Å²) in [5.74, 6) is 0.273. The third kappa shape index (κ3) is 6.06. The van der Waals surface area contributed by atoms with Crippen LogP contribution in [0.3, 0.4) is 0 Å². The van der Waals surface area contributed by atoms with Gasteiger partial charge in [-0.25, -0.2) is 4.79 Å². The Morgan fingerprint density at radius 2 is 2.00 bits per heavy atom. The highest BCUT2D eigenvalue weighted by Gasteiger charge is 2.11. The minimum Gasteiger partial charge on any atom is -0.489 e. The van der Waals surface area contributed by atoms with Gasteiger partial charge in [0, 0.05) is 0 Å². The van der Waals surface area contributed by atoms with E-state index < -0.39 is 0 Å². The molecule has 4 nitrogen and oxygen atoms in total. The standard InChI is InChI=1S/C17H27NO3/c1-4-6-7-8-9-13(3)21-16-11-10-14(12-15(16)18)17(19)20-5-2/h10-13H,4-9,18H2,1-3H3/t13-/m1/s1. The number of unbranched alkanes of at least 4 members (excludes halogenated alkanes) is 3. The van der Waals surface area contributed by atoms with Crippen LogP contribution in [0.4, 0.5) is 5.69 Å². The van der Waals surface area contributed by atoms with Gasteiger partial charge in [-0.05, 0) is 44.9 Å². The maximum absolute atomic E-state index is 11.6. The molecular formula is C17H27NO3. The first-order valence-corrected chi connectivity index (χ1v) is 7.81. The lowest BCUT2D eigenvalue weighted by Crippen LogP contribution is -2.13. The molecule has 0 unspecified atom stereocenters. The summed E-state index contributed by atoms with van der Waals surface area (Å²) in [7, 11) is 0. The average molecular weight is 293 g/mol. The van der Waals surface area contributed by atoms with Gasteiger partial charge < -0.3 is 15.2 Å².